The molecule has 24 heavy (non-hydrogen) atoms. The van der Waals surface area contributed by atoms with Crippen LogP contribution in [0.3, 0.4) is 0 Å². The van der Waals surface area contributed by atoms with E-state index < -0.39 is 18.0 Å². The highest BCUT2D eigenvalue weighted by molar-refractivity contribution is 5.83. The summed E-state index contributed by atoms with van der Waals surface area (Å²) in [4.78, 5) is 23.5. The summed E-state index contributed by atoms with van der Waals surface area (Å²) in [5, 5.41) is 5.36. The number of hydrogen-bond acceptors (Lipinski definition) is 5. The van der Waals surface area contributed by atoms with E-state index in [0.717, 1.165) is 5.56 Å². The number of benzene rings is 1. The molecule has 0 fully saturated rings. The lowest BCUT2D eigenvalue weighted by molar-refractivity contribution is -0.143. The SMILES string of the molecule is COC(=O)[C@@H](NC(=O)NCCc1ccc(OC)c(OC)c1)C(C)C. The topological polar surface area (TPSA) is 85.9 Å². The molecule has 0 aromatic heterocycles. The van der Waals surface area contributed by atoms with E-state index in [2.05, 4.69) is 15.4 Å². The van der Waals surface area contributed by atoms with Gasteiger partial charge in [-0.05, 0) is 30.0 Å². The summed E-state index contributed by atoms with van der Waals surface area (Å²) in [6, 6.07) is 4.52. The van der Waals surface area contributed by atoms with Gasteiger partial charge in [0.1, 0.15) is 6.04 Å². The van der Waals surface area contributed by atoms with Crippen LogP contribution in [-0.2, 0) is 16.0 Å². The second-order valence-corrected chi connectivity index (χ2v) is 5.58. The summed E-state index contributed by atoms with van der Waals surface area (Å²) in [5.74, 6) is 0.781. The van der Waals surface area contributed by atoms with Gasteiger partial charge in [-0.2, -0.15) is 0 Å². The lowest BCUT2D eigenvalue weighted by Gasteiger charge is -2.20. The van der Waals surface area contributed by atoms with E-state index in [0.29, 0.717) is 24.5 Å². The van der Waals surface area contributed by atoms with E-state index in [1.807, 2.05) is 32.0 Å². The summed E-state index contributed by atoms with van der Waals surface area (Å²) in [7, 11) is 4.45. The van der Waals surface area contributed by atoms with Crippen molar-refractivity contribution in [3.8, 4) is 11.5 Å². The number of ether oxygens (including phenoxy) is 3. The van der Waals surface area contributed by atoms with Gasteiger partial charge >= 0.3 is 12.0 Å². The van der Waals surface area contributed by atoms with Crippen LogP contribution in [0.5, 0.6) is 11.5 Å². The van der Waals surface area contributed by atoms with E-state index in [1.54, 1.807) is 14.2 Å². The molecule has 1 aromatic rings. The van der Waals surface area contributed by atoms with Crippen LogP contribution in [0.4, 0.5) is 4.79 Å². The quantitative estimate of drug-likeness (QED) is 0.705. The first-order valence-corrected chi connectivity index (χ1v) is 7.76. The van der Waals surface area contributed by atoms with E-state index in [9.17, 15) is 9.59 Å². The van der Waals surface area contributed by atoms with Crippen LogP contribution in [0.25, 0.3) is 0 Å². The lowest BCUT2D eigenvalue weighted by Crippen LogP contribution is -2.49. The first-order valence-electron chi connectivity index (χ1n) is 7.76. The minimum atomic E-state index is -0.670. The molecule has 0 radical (unpaired) electrons. The molecule has 0 aliphatic carbocycles. The Kier molecular flexibility index (Phi) is 7.88. The van der Waals surface area contributed by atoms with Crippen LogP contribution in [0, 0.1) is 5.92 Å². The summed E-state index contributed by atoms with van der Waals surface area (Å²) in [6.07, 6.45) is 0.623. The molecule has 0 saturated heterocycles. The molecule has 1 aromatic carbocycles. The van der Waals surface area contributed by atoms with Gasteiger partial charge < -0.3 is 24.8 Å². The number of urea groups is 1. The molecule has 0 spiro atoms. The van der Waals surface area contributed by atoms with Crippen LogP contribution >= 0.6 is 0 Å². The molecule has 1 rings (SSSR count). The van der Waals surface area contributed by atoms with Crippen LogP contribution in [0.2, 0.25) is 0 Å². The average Bonchev–Trinajstić information content (AvgIpc) is 2.58. The maximum Gasteiger partial charge on any atom is 0.328 e. The van der Waals surface area contributed by atoms with Crippen LogP contribution in [0.15, 0.2) is 18.2 Å². The Morgan fingerprint density at radius 2 is 1.75 bits per heavy atom. The maximum absolute atomic E-state index is 11.9. The highest BCUT2D eigenvalue weighted by atomic mass is 16.5. The van der Waals surface area contributed by atoms with Gasteiger partial charge in [0.15, 0.2) is 11.5 Å². The first kappa shape index (κ1) is 19.6. The second kappa shape index (κ2) is 9.64. The summed E-state index contributed by atoms with van der Waals surface area (Å²) in [5.41, 5.74) is 1.00. The van der Waals surface area contributed by atoms with Gasteiger partial charge in [0.25, 0.3) is 0 Å². The number of methoxy groups -OCH3 is 3. The number of esters is 1. The fourth-order valence-corrected chi connectivity index (χ4v) is 2.17. The smallest absolute Gasteiger partial charge is 0.328 e. The zero-order valence-electron chi connectivity index (χ0n) is 14.8. The monoisotopic (exact) mass is 338 g/mol. The van der Waals surface area contributed by atoms with Gasteiger partial charge in [-0.25, -0.2) is 9.59 Å². The molecule has 0 aliphatic heterocycles. The normalized spacial score (nSPS) is 11.6. The van der Waals surface area contributed by atoms with Crippen LogP contribution in [-0.4, -0.2) is 45.9 Å². The van der Waals surface area contributed by atoms with Gasteiger partial charge in [0, 0.05) is 6.54 Å². The van der Waals surface area contributed by atoms with Crippen molar-refractivity contribution in [2.45, 2.75) is 26.3 Å². The second-order valence-electron chi connectivity index (χ2n) is 5.58. The fourth-order valence-electron chi connectivity index (χ4n) is 2.17. The van der Waals surface area contributed by atoms with Crippen molar-refractivity contribution in [1.82, 2.24) is 10.6 Å². The van der Waals surface area contributed by atoms with E-state index in [-0.39, 0.29) is 5.92 Å². The van der Waals surface area contributed by atoms with Gasteiger partial charge in [-0.1, -0.05) is 19.9 Å². The van der Waals surface area contributed by atoms with E-state index >= 15 is 0 Å². The average molecular weight is 338 g/mol. The predicted octanol–water partition coefficient (Wildman–Crippen LogP) is 1.74. The molecule has 7 nitrogen and oxygen atoms in total. The van der Waals surface area contributed by atoms with Crippen molar-refractivity contribution in [2.24, 2.45) is 5.92 Å². The van der Waals surface area contributed by atoms with Crippen molar-refractivity contribution in [1.29, 1.82) is 0 Å². The van der Waals surface area contributed by atoms with Crippen molar-refractivity contribution in [3.05, 3.63) is 23.8 Å². The highest BCUT2D eigenvalue weighted by Crippen LogP contribution is 2.27. The molecular weight excluding hydrogens is 312 g/mol. The van der Waals surface area contributed by atoms with Crippen molar-refractivity contribution in [3.63, 3.8) is 0 Å². The zero-order valence-corrected chi connectivity index (χ0v) is 14.8. The Morgan fingerprint density at radius 1 is 1.08 bits per heavy atom. The number of carbonyl (C=O) groups is 2. The first-order chi connectivity index (χ1) is 11.4. The Morgan fingerprint density at radius 3 is 2.29 bits per heavy atom. The summed E-state index contributed by atoms with van der Waals surface area (Å²) < 4.78 is 15.1. The standard InChI is InChI=1S/C17H26N2O5/c1-11(2)15(16(20)24-5)19-17(21)18-9-8-12-6-7-13(22-3)14(10-12)23-4/h6-7,10-11,15H,8-9H2,1-5H3,(H2,18,19,21)/t15-/m0/s1. The fraction of sp³-hybridized carbons (Fsp3) is 0.529. The van der Waals surface area contributed by atoms with Crippen molar-refractivity contribution >= 4 is 12.0 Å². The maximum atomic E-state index is 11.9. The van der Waals surface area contributed by atoms with Gasteiger partial charge in [0.05, 0.1) is 21.3 Å². The number of nitrogens with one attached hydrogen (secondary N) is 2. The lowest BCUT2D eigenvalue weighted by atomic mass is 10.1. The van der Waals surface area contributed by atoms with Crippen molar-refractivity contribution in [2.75, 3.05) is 27.9 Å². The number of rotatable bonds is 8. The Labute approximate surface area is 142 Å². The Hall–Kier alpha value is -2.44. The summed E-state index contributed by atoms with van der Waals surface area (Å²) in [6.45, 7) is 4.10. The molecule has 0 bridgehead atoms. The molecule has 0 unspecified atom stereocenters. The number of hydrogen-bond donors (Lipinski definition) is 2. The molecule has 0 saturated carbocycles. The molecule has 1 atom stereocenters. The zero-order chi connectivity index (χ0) is 18.1. The number of carbonyl (C=O) groups excluding carboxylic acids is 2. The molecule has 0 aliphatic rings. The van der Waals surface area contributed by atoms with E-state index in [1.165, 1.54) is 7.11 Å². The Balaban J connectivity index is 2.52. The minimum absolute atomic E-state index is 0.0611. The van der Waals surface area contributed by atoms with Crippen LogP contribution < -0.4 is 20.1 Å². The minimum Gasteiger partial charge on any atom is -0.493 e. The molecule has 7 heteroatoms. The predicted molar refractivity (Wildman–Crippen MR) is 90.4 cm³/mol. The molecule has 2 N–H and O–H groups in total. The Bertz CT molecular complexity index is 560. The molecular formula is C17H26N2O5. The van der Waals surface area contributed by atoms with Gasteiger partial charge in [-0.15, -0.1) is 0 Å². The number of amides is 2. The molecule has 0 heterocycles. The van der Waals surface area contributed by atoms with Crippen molar-refractivity contribution < 1.29 is 23.8 Å². The van der Waals surface area contributed by atoms with Gasteiger partial charge in [-0.3, -0.25) is 0 Å². The van der Waals surface area contributed by atoms with Gasteiger partial charge in [0.2, 0.25) is 0 Å². The third kappa shape index (κ3) is 5.64. The highest BCUT2D eigenvalue weighted by Gasteiger charge is 2.24. The summed E-state index contributed by atoms with van der Waals surface area (Å²) >= 11 is 0. The van der Waals surface area contributed by atoms with Crippen LogP contribution in [0.1, 0.15) is 19.4 Å². The molecule has 134 valence electrons. The van der Waals surface area contributed by atoms with E-state index in [4.69, 9.17) is 9.47 Å². The molecule has 2 amide bonds. The third-order valence-electron chi connectivity index (χ3n) is 3.56. The largest absolute Gasteiger partial charge is 0.493 e. The third-order valence-corrected chi connectivity index (χ3v) is 3.56.